The number of hydrogen-bond acceptors (Lipinski definition) is 5. The maximum atomic E-state index is 12.1. The molecule has 212 valence electrons. The molecule has 1 saturated heterocycles. The van der Waals surface area contributed by atoms with Gasteiger partial charge in [0.05, 0.1) is 0 Å². The van der Waals surface area contributed by atoms with Gasteiger partial charge in [0.2, 0.25) is 0 Å². The molecule has 1 aliphatic rings. The number of ether oxygens (including phenoxy) is 4. The van der Waals surface area contributed by atoms with Crippen molar-refractivity contribution >= 4 is 18.4 Å². The first-order valence-corrected chi connectivity index (χ1v) is 22.5. The molecule has 1 fully saturated rings. The SMILES string of the molecule is CCC[CH2][Sn]([CH2]CCC)([CH2]CCC)[C@H]1O[C@H](OC)[C@@H](OCc2ccccc2)[C@@H](OCc2ccccc2)[C@@H]1O. The van der Waals surface area contributed by atoms with Gasteiger partial charge >= 0.3 is 236 Å². The normalized spacial score (nSPS) is 24.0. The van der Waals surface area contributed by atoms with E-state index in [0.717, 1.165) is 11.1 Å². The molecule has 2 aromatic rings. The van der Waals surface area contributed by atoms with Gasteiger partial charge in [0, 0.05) is 0 Å². The van der Waals surface area contributed by atoms with Gasteiger partial charge in [-0.2, -0.15) is 0 Å². The van der Waals surface area contributed by atoms with Crippen molar-refractivity contribution in [3.05, 3.63) is 71.8 Å². The molecule has 1 aliphatic heterocycles. The summed E-state index contributed by atoms with van der Waals surface area (Å²) >= 11 is -3.01. The van der Waals surface area contributed by atoms with Gasteiger partial charge in [-0.15, -0.1) is 0 Å². The second kappa shape index (κ2) is 17.0. The zero-order chi connectivity index (χ0) is 27.2. The molecule has 5 atom stereocenters. The molecule has 0 amide bonds. The Labute approximate surface area is 235 Å². The van der Waals surface area contributed by atoms with Crippen LogP contribution in [0.25, 0.3) is 0 Å². The van der Waals surface area contributed by atoms with E-state index in [1.807, 2.05) is 48.5 Å². The Morgan fingerprint density at radius 1 is 0.711 bits per heavy atom. The summed E-state index contributed by atoms with van der Waals surface area (Å²) in [7, 11) is 1.69. The number of aliphatic hydroxyl groups is 1. The molecule has 38 heavy (non-hydrogen) atoms. The summed E-state index contributed by atoms with van der Waals surface area (Å²) in [6.45, 7) is 7.63. The van der Waals surface area contributed by atoms with Crippen molar-refractivity contribution < 1.29 is 24.1 Å². The summed E-state index contributed by atoms with van der Waals surface area (Å²) in [6.07, 6.45) is 4.77. The third-order valence-corrected chi connectivity index (χ3v) is 24.4. The van der Waals surface area contributed by atoms with E-state index in [9.17, 15) is 5.11 Å². The van der Waals surface area contributed by atoms with Crippen LogP contribution in [-0.2, 0) is 32.2 Å². The number of aliphatic hydroxyl groups excluding tert-OH is 1. The predicted molar refractivity (Wildman–Crippen MR) is 157 cm³/mol. The molecular formula is C32H50O5Sn. The Morgan fingerprint density at radius 3 is 1.58 bits per heavy atom. The first-order valence-electron chi connectivity index (χ1n) is 14.8. The minimum absolute atomic E-state index is 0.170. The molecule has 2 aromatic carbocycles. The zero-order valence-electron chi connectivity index (χ0n) is 24.0. The van der Waals surface area contributed by atoms with E-state index < -0.39 is 43.0 Å². The van der Waals surface area contributed by atoms with E-state index in [1.54, 1.807) is 7.11 Å². The van der Waals surface area contributed by atoms with Crippen molar-refractivity contribution in [3.8, 4) is 0 Å². The molecule has 0 spiro atoms. The monoisotopic (exact) mass is 634 g/mol. The molecule has 0 saturated carbocycles. The maximum absolute atomic E-state index is 12.1. The molecular weight excluding hydrogens is 583 g/mol. The Bertz CT molecular complexity index is 858. The summed E-state index contributed by atoms with van der Waals surface area (Å²) in [5.41, 5.74) is 2.15. The Balaban J connectivity index is 1.93. The topological polar surface area (TPSA) is 57.2 Å². The van der Waals surface area contributed by atoms with Gasteiger partial charge in [-0.05, 0) is 0 Å². The number of rotatable bonds is 17. The Kier molecular flexibility index (Phi) is 14.1. The molecule has 1 N–H and O–H groups in total. The zero-order valence-corrected chi connectivity index (χ0v) is 26.9. The van der Waals surface area contributed by atoms with Crippen LogP contribution in [-0.4, -0.2) is 59.3 Å². The third kappa shape index (κ3) is 8.77. The second-order valence-electron chi connectivity index (χ2n) is 10.8. The summed E-state index contributed by atoms with van der Waals surface area (Å²) in [4.78, 5) is 0. The van der Waals surface area contributed by atoms with Gasteiger partial charge in [-0.25, -0.2) is 0 Å². The molecule has 1 heterocycles. The van der Waals surface area contributed by atoms with Crippen LogP contribution < -0.4 is 0 Å². The van der Waals surface area contributed by atoms with Gasteiger partial charge in [-0.1, -0.05) is 0 Å². The van der Waals surface area contributed by atoms with Crippen molar-refractivity contribution in [2.45, 2.75) is 115 Å². The standard InChI is InChI=1S/C20H23O5.3C4H9.Sn/c1-22-20-19(24-13-16-10-6-3-7-11-16)18(17(21)14-25-20)23-12-15-8-4-2-5-9-15;3*1-3-4-2;/h2-11,14,17-21H,12-13H2,1H3;3*1,3-4H2,2H3;/t17-,18+,19+,20+;;;;/m1..../s1. The summed E-state index contributed by atoms with van der Waals surface area (Å²) < 4.78 is 29.3. The van der Waals surface area contributed by atoms with E-state index in [4.69, 9.17) is 18.9 Å². The van der Waals surface area contributed by atoms with Gasteiger partial charge in [0.1, 0.15) is 0 Å². The van der Waals surface area contributed by atoms with Crippen LogP contribution in [0.5, 0.6) is 0 Å². The molecule has 6 heteroatoms. The summed E-state index contributed by atoms with van der Waals surface area (Å²) in [5.74, 6) is 0. The average molecular weight is 633 g/mol. The van der Waals surface area contributed by atoms with E-state index in [0.29, 0.717) is 13.2 Å². The van der Waals surface area contributed by atoms with Crippen LogP contribution in [0.15, 0.2) is 60.7 Å². The van der Waals surface area contributed by atoms with Crippen LogP contribution in [0, 0.1) is 0 Å². The molecule has 3 rings (SSSR count). The minimum atomic E-state index is -3.01. The van der Waals surface area contributed by atoms with E-state index >= 15 is 0 Å². The number of benzene rings is 2. The van der Waals surface area contributed by atoms with E-state index in [1.165, 1.54) is 51.8 Å². The van der Waals surface area contributed by atoms with E-state index in [-0.39, 0.29) is 4.12 Å². The van der Waals surface area contributed by atoms with Crippen molar-refractivity contribution in [2.75, 3.05) is 7.11 Å². The van der Waals surface area contributed by atoms with Crippen LogP contribution >= 0.6 is 0 Å². The van der Waals surface area contributed by atoms with Crippen LogP contribution in [0.2, 0.25) is 13.3 Å². The molecule has 5 nitrogen and oxygen atoms in total. The predicted octanol–water partition coefficient (Wildman–Crippen LogP) is 7.28. The van der Waals surface area contributed by atoms with Crippen molar-refractivity contribution in [1.29, 1.82) is 0 Å². The van der Waals surface area contributed by atoms with Gasteiger partial charge in [0.15, 0.2) is 0 Å². The van der Waals surface area contributed by atoms with Crippen LogP contribution in [0.1, 0.15) is 70.4 Å². The average Bonchev–Trinajstić information content (AvgIpc) is 2.96. The molecule has 0 aliphatic carbocycles. The Hall–Kier alpha value is -0.961. The molecule has 0 radical (unpaired) electrons. The van der Waals surface area contributed by atoms with Crippen LogP contribution in [0.3, 0.4) is 0 Å². The number of methoxy groups -OCH3 is 1. The number of unbranched alkanes of at least 4 members (excludes halogenated alkanes) is 3. The summed E-state index contributed by atoms with van der Waals surface area (Å²) in [5, 5.41) is 12.1. The van der Waals surface area contributed by atoms with Crippen molar-refractivity contribution in [1.82, 2.24) is 0 Å². The first kappa shape index (κ1) is 31.6. The first-order chi connectivity index (χ1) is 18.6. The van der Waals surface area contributed by atoms with Gasteiger partial charge in [-0.3, -0.25) is 0 Å². The quantitative estimate of drug-likeness (QED) is 0.186. The molecule has 0 unspecified atom stereocenters. The fraction of sp³-hybridized carbons (Fsp3) is 0.625. The van der Waals surface area contributed by atoms with E-state index in [2.05, 4.69) is 32.9 Å². The molecule has 0 aromatic heterocycles. The Morgan fingerprint density at radius 2 is 1.16 bits per heavy atom. The molecule has 0 bridgehead atoms. The van der Waals surface area contributed by atoms with Crippen molar-refractivity contribution in [3.63, 3.8) is 0 Å². The summed E-state index contributed by atoms with van der Waals surface area (Å²) in [6, 6.07) is 20.3. The number of hydrogen-bond donors (Lipinski definition) is 1. The fourth-order valence-electron chi connectivity index (χ4n) is 5.81. The van der Waals surface area contributed by atoms with Crippen molar-refractivity contribution in [2.24, 2.45) is 0 Å². The van der Waals surface area contributed by atoms with Crippen LogP contribution in [0.4, 0.5) is 0 Å². The third-order valence-electron chi connectivity index (χ3n) is 8.01. The fourth-order valence-corrected chi connectivity index (χ4v) is 23.3. The second-order valence-corrected chi connectivity index (χ2v) is 24.5. The van der Waals surface area contributed by atoms with Gasteiger partial charge in [0.25, 0.3) is 0 Å². The van der Waals surface area contributed by atoms with Gasteiger partial charge < -0.3 is 0 Å².